The Kier molecular flexibility index (Phi) is 4.14. The van der Waals surface area contributed by atoms with E-state index in [-0.39, 0.29) is 0 Å². The fraction of sp³-hybridized carbons (Fsp3) is 0.917. The van der Waals surface area contributed by atoms with Crippen molar-refractivity contribution in [3.8, 4) is 0 Å². The van der Waals surface area contributed by atoms with Gasteiger partial charge in [-0.3, -0.25) is 4.79 Å². The summed E-state index contributed by atoms with van der Waals surface area (Å²) < 4.78 is 0. The predicted molar refractivity (Wildman–Crippen MR) is 60.9 cm³/mol. The van der Waals surface area contributed by atoms with E-state index in [0.717, 1.165) is 19.0 Å². The number of carbonyl (C=O) groups is 1. The van der Waals surface area contributed by atoms with Crippen molar-refractivity contribution in [2.75, 3.05) is 19.6 Å². The van der Waals surface area contributed by atoms with Crippen molar-refractivity contribution in [1.82, 2.24) is 4.90 Å². The maximum absolute atomic E-state index is 11.2. The van der Waals surface area contributed by atoms with E-state index in [1.807, 2.05) is 13.8 Å². The highest BCUT2D eigenvalue weighted by molar-refractivity contribution is 5.74. The number of carboxylic acids is 1. The number of aliphatic carboxylic acids is 1. The van der Waals surface area contributed by atoms with Crippen LogP contribution in [0.2, 0.25) is 0 Å². The van der Waals surface area contributed by atoms with Crippen LogP contribution in [0.15, 0.2) is 0 Å². The van der Waals surface area contributed by atoms with Gasteiger partial charge in [-0.25, -0.2) is 0 Å². The summed E-state index contributed by atoms with van der Waals surface area (Å²) in [7, 11) is 0. The first-order valence-corrected chi connectivity index (χ1v) is 5.97. The summed E-state index contributed by atoms with van der Waals surface area (Å²) in [6.45, 7) is 8.89. The standard InChI is InChI=1S/C12H23NO2/c1-4-10-6-7-13(8-10)9-12(3,5-2)11(14)15/h10H,4-9H2,1-3H3,(H,14,15). The number of likely N-dealkylation sites (tertiary alicyclic amines) is 1. The molecule has 1 heterocycles. The lowest BCUT2D eigenvalue weighted by atomic mass is 9.87. The van der Waals surface area contributed by atoms with E-state index in [2.05, 4.69) is 11.8 Å². The molecule has 1 aliphatic rings. The molecule has 0 amide bonds. The van der Waals surface area contributed by atoms with Crippen molar-refractivity contribution in [2.24, 2.45) is 11.3 Å². The molecular formula is C12H23NO2. The molecule has 0 bridgehead atoms. The smallest absolute Gasteiger partial charge is 0.310 e. The van der Waals surface area contributed by atoms with Crippen LogP contribution in [0.5, 0.6) is 0 Å². The second-order valence-corrected chi connectivity index (χ2v) is 5.02. The van der Waals surface area contributed by atoms with Crippen molar-refractivity contribution >= 4 is 5.97 Å². The molecule has 0 aliphatic carbocycles. The van der Waals surface area contributed by atoms with E-state index in [1.165, 1.54) is 12.8 Å². The largest absolute Gasteiger partial charge is 0.481 e. The van der Waals surface area contributed by atoms with E-state index in [0.29, 0.717) is 13.0 Å². The van der Waals surface area contributed by atoms with Crippen LogP contribution in [0, 0.1) is 11.3 Å². The highest BCUT2D eigenvalue weighted by Crippen LogP contribution is 2.27. The molecule has 1 aliphatic heterocycles. The molecule has 1 N–H and O–H groups in total. The lowest BCUT2D eigenvalue weighted by Gasteiger charge is -2.28. The number of nitrogens with zero attached hydrogens (tertiary/aromatic N) is 1. The van der Waals surface area contributed by atoms with Crippen LogP contribution in [-0.4, -0.2) is 35.6 Å². The van der Waals surface area contributed by atoms with Gasteiger partial charge in [-0.05, 0) is 32.2 Å². The minimum absolute atomic E-state index is 0.567. The Morgan fingerprint density at radius 1 is 1.53 bits per heavy atom. The molecule has 0 spiro atoms. The van der Waals surface area contributed by atoms with Crippen molar-refractivity contribution in [3.05, 3.63) is 0 Å². The van der Waals surface area contributed by atoms with E-state index in [1.54, 1.807) is 0 Å². The normalized spacial score (nSPS) is 26.5. The number of carboxylic acid groups (broad SMARTS) is 1. The highest BCUT2D eigenvalue weighted by atomic mass is 16.4. The molecule has 15 heavy (non-hydrogen) atoms. The molecule has 1 rings (SSSR count). The summed E-state index contributed by atoms with van der Waals surface area (Å²) >= 11 is 0. The summed E-state index contributed by atoms with van der Waals surface area (Å²) in [6, 6.07) is 0. The lowest BCUT2D eigenvalue weighted by molar-refractivity contribution is -0.149. The fourth-order valence-electron chi connectivity index (χ4n) is 2.21. The third-order valence-corrected chi connectivity index (χ3v) is 3.82. The molecule has 3 heteroatoms. The average molecular weight is 213 g/mol. The minimum atomic E-state index is -0.662. The molecule has 3 nitrogen and oxygen atoms in total. The Balaban J connectivity index is 2.50. The van der Waals surface area contributed by atoms with Gasteiger partial charge in [0.15, 0.2) is 0 Å². The maximum atomic E-state index is 11.2. The number of rotatable bonds is 5. The molecule has 0 aromatic carbocycles. The Morgan fingerprint density at radius 2 is 2.20 bits per heavy atom. The van der Waals surface area contributed by atoms with Gasteiger partial charge in [-0.2, -0.15) is 0 Å². The SMILES string of the molecule is CCC1CCN(CC(C)(CC)C(=O)O)C1. The van der Waals surface area contributed by atoms with Crippen molar-refractivity contribution < 1.29 is 9.90 Å². The Morgan fingerprint density at radius 3 is 2.60 bits per heavy atom. The van der Waals surface area contributed by atoms with Crippen molar-refractivity contribution in [1.29, 1.82) is 0 Å². The van der Waals surface area contributed by atoms with Gasteiger partial charge in [0.2, 0.25) is 0 Å². The summed E-state index contributed by atoms with van der Waals surface area (Å²) in [4.78, 5) is 13.5. The molecule has 2 atom stereocenters. The number of hydrogen-bond acceptors (Lipinski definition) is 2. The molecule has 2 unspecified atom stereocenters. The first-order chi connectivity index (χ1) is 7.01. The quantitative estimate of drug-likeness (QED) is 0.761. The van der Waals surface area contributed by atoms with Crippen LogP contribution < -0.4 is 0 Å². The van der Waals surface area contributed by atoms with Crippen LogP contribution in [0.25, 0.3) is 0 Å². The van der Waals surface area contributed by atoms with Crippen LogP contribution >= 0.6 is 0 Å². The van der Waals surface area contributed by atoms with Crippen LogP contribution in [-0.2, 0) is 4.79 Å². The summed E-state index contributed by atoms with van der Waals surface area (Å²) in [5, 5.41) is 9.19. The monoisotopic (exact) mass is 213 g/mol. The topological polar surface area (TPSA) is 40.5 Å². The third kappa shape index (κ3) is 2.94. The zero-order valence-electron chi connectivity index (χ0n) is 10.1. The van der Waals surface area contributed by atoms with E-state index < -0.39 is 11.4 Å². The molecule has 88 valence electrons. The molecular weight excluding hydrogens is 190 g/mol. The summed E-state index contributed by atoms with van der Waals surface area (Å²) in [5.41, 5.74) is -0.567. The van der Waals surface area contributed by atoms with E-state index in [9.17, 15) is 9.90 Å². The maximum Gasteiger partial charge on any atom is 0.310 e. The Hall–Kier alpha value is -0.570. The zero-order chi connectivity index (χ0) is 11.5. The van der Waals surface area contributed by atoms with Crippen LogP contribution in [0.1, 0.15) is 40.0 Å². The molecule has 1 fully saturated rings. The summed E-state index contributed by atoms with van der Waals surface area (Å²) in [5.74, 6) is 0.116. The minimum Gasteiger partial charge on any atom is -0.481 e. The van der Waals surface area contributed by atoms with Gasteiger partial charge in [0.25, 0.3) is 0 Å². The fourth-order valence-corrected chi connectivity index (χ4v) is 2.21. The van der Waals surface area contributed by atoms with Crippen LogP contribution in [0.4, 0.5) is 0 Å². The Labute approximate surface area is 92.5 Å². The van der Waals surface area contributed by atoms with Gasteiger partial charge >= 0.3 is 5.97 Å². The Bertz CT molecular complexity index is 230. The van der Waals surface area contributed by atoms with Gasteiger partial charge in [-0.1, -0.05) is 20.3 Å². The van der Waals surface area contributed by atoms with Crippen molar-refractivity contribution in [3.63, 3.8) is 0 Å². The molecule has 1 saturated heterocycles. The first-order valence-electron chi connectivity index (χ1n) is 5.97. The molecule has 0 radical (unpaired) electrons. The first kappa shape index (κ1) is 12.5. The molecule has 0 aromatic heterocycles. The summed E-state index contributed by atoms with van der Waals surface area (Å²) in [6.07, 6.45) is 3.15. The molecule has 0 saturated carbocycles. The second kappa shape index (κ2) is 4.97. The van der Waals surface area contributed by atoms with Gasteiger partial charge in [0.1, 0.15) is 0 Å². The van der Waals surface area contributed by atoms with Crippen LogP contribution in [0.3, 0.4) is 0 Å². The second-order valence-electron chi connectivity index (χ2n) is 5.02. The van der Waals surface area contributed by atoms with Gasteiger partial charge < -0.3 is 10.0 Å². The third-order valence-electron chi connectivity index (χ3n) is 3.82. The highest BCUT2D eigenvalue weighted by Gasteiger charge is 2.35. The van der Waals surface area contributed by atoms with Gasteiger partial charge in [0, 0.05) is 13.1 Å². The average Bonchev–Trinajstić information content (AvgIpc) is 2.65. The number of hydrogen-bond donors (Lipinski definition) is 1. The van der Waals surface area contributed by atoms with E-state index >= 15 is 0 Å². The van der Waals surface area contributed by atoms with Gasteiger partial charge in [0.05, 0.1) is 5.41 Å². The predicted octanol–water partition coefficient (Wildman–Crippen LogP) is 2.22. The molecule has 0 aromatic rings. The van der Waals surface area contributed by atoms with Gasteiger partial charge in [-0.15, -0.1) is 0 Å². The van der Waals surface area contributed by atoms with E-state index in [4.69, 9.17) is 0 Å². The lowest BCUT2D eigenvalue weighted by Crippen LogP contribution is -2.39. The zero-order valence-corrected chi connectivity index (χ0v) is 10.1. The van der Waals surface area contributed by atoms with Crippen molar-refractivity contribution in [2.45, 2.75) is 40.0 Å².